The molecule has 2 heterocycles. The second kappa shape index (κ2) is 5.44. The van der Waals surface area contributed by atoms with Gasteiger partial charge in [0.2, 0.25) is 5.91 Å². The summed E-state index contributed by atoms with van der Waals surface area (Å²) in [6.45, 7) is 4.22. The topological polar surface area (TPSA) is 50.4 Å². The molecule has 2 aliphatic heterocycles. The van der Waals surface area contributed by atoms with Crippen molar-refractivity contribution in [3.8, 4) is 0 Å². The molecule has 0 aliphatic carbocycles. The fourth-order valence-corrected chi connectivity index (χ4v) is 3.06. The van der Waals surface area contributed by atoms with E-state index in [0.29, 0.717) is 13.2 Å². The van der Waals surface area contributed by atoms with Crippen molar-refractivity contribution in [3.63, 3.8) is 0 Å². The van der Waals surface area contributed by atoms with E-state index >= 15 is 0 Å². The van der Waals surface area contributed by atoms with Crippen molar-refractivity contribution in [1.29, 1.82) is 0 Å². The van der Waals surface area contributed by atoms with E-state index in [1.165, 1.54) is 5.56 Å². The number of hydrogen-bond acceptors (Lipinski definition) is 3. The lowest BCUT2D eigenvalue weighted by atomic mass is 9.90. The van der Waals surface area contributed by atoms with Crippen LogP contribution in [0.1, 0.15) is 25.3 Å². The van der Waals surface area contributed by atoms with Crippen LogP contribution in [0.3, 0.4) is 0 Å². The highest BCUT2D eigenvalue weighted by atomic mass is 16.5. The molecule has 0 radical (unpaired) electrons. The summed E-state index contributed by atoms with van der Waals surface area (Å²) in [5, 5.41) is 6.54. The van der Waals surface area contributed by atoms with Crippen LogP contribution in [0.25, 0.3) is 0 Å². The number of fused-ring (bicyclic) bond motifs is 1. The first-order chi connectivity index (χ1) is 9.66. The van der Waals surface area contributed by atoms with Gasteiger partial charge in [-0.2, -0.15) is 0 Å². The first-order valence-electron chi connectivity index (χ1n) is 7.38. The lowest BCUT2D eigenvalue weighted by Crippen LogP contribution is -2.54. The van der Waals surface area contributed by atoms with Gasteiger partial charge in [0, 0.05) is 18.8 Å². The van der Waals surface area contributed by atoms with Crippen LogP contribution < -0.4 is 10.6 Å². The average molecular weight is 274 g/mol. The Morgan fingerprint density at radius 1 is 1.45 bits per heavy atom. The van der Waals surface area contributed by atoms with Crippen molar-refractivity contribution < 1.29 is 9.53 Å². The number of ether oxygens (including phenoxy) is 1. The molecule has 0 spiro atoms. The lowest BCUT2D eigenvalue weighted by molar-refractivity contribution is -0.128. The number of amides is 1. The van der Waals surface area contributed by atoms with Gasteiger partial charge in [-0.15, -0.1) is 0 Å². The smallest absolute Gasteiger partial charge is 0.225 e. The number of benzene rings is 1. The fourth-order valence-electron chi connectivity index (χ4n) is 3.06. The van der Waals surface area contributed by atoms with Gasteiger partial charge in [-0.3, -0.25) is 4.79 Å². The summed E-state index contributed by atoms with van der Waals surface area (Å²) >= 11 is 0. The largest absolute Gasteiger partial charge is 0.384 e. The van der Waals surface area contributed by atoms with Gasteiger partial charge in [-0.1, -0.05) is 18.2 Å². The molecule has 0 saturated carbocycles. The van der Waals surface area contributed by atoms with Crippen LogP contribution in [0.2, 0.25) is 0 Å². The van der Waals surface area contributed by atoms with Crippen LogP contribution in [-0.2, 0) is 16.0 Å². The number of carbonyl (C=O) groups excluding carboxylic acids is 1. The van der Waals surface area contributed by atoms with E-state index in [1.807, 2.05) is 12.1 Å². The summed E-state index contributed by atoms with van der Waals surface area (Å²) in [7, 11) is 0. The van der Waals surface area contributed by atoms with Crippen molar-refractivity contribution in [2.75, 3.05) is 25.1 Å². The molecule has 0 bridgehead atoms. The average Bonchev–Trinajstić information content (AvgIpc) is 2.47. The highest BCUT2D eigenvalue weighted by Crippen LogP contribution is 2.25. The minimum Gasteiger partial charge on any atom is -0.384 e. The van der Waals surface area contributed by atoms with Gasteiger partial charge in [0.15, 0.2) is 0 Å². The van der Waals surface area contributed by atoms with Gasteiger partial charge < -0.3 is 15.4 Å². The van der Waals surface area contributed by atoms with Crippen LogP contribution >= 0.6 is 0 Å². The monoisotopic (exact) mass is 274 g/mol. The van der Waals surface area contributed by atoms with E-state index in [-0.39, 0.29) is 17.4 Å². The van der Waals surface area contributed by atoms with E-state index < -0.39 is 0 Å². The Morgan fingerprint density at radius 2 is 2.30 bits per heavy atom. The normalized spacial score (nSPS) is 29.1. The molecule has 2 atom stereocenters. The molecule has 1 amide bonds. The Bertz CT molecular complexity index is 495. The van der Waals surface area contributed by atoms with E-state index in [9.17, 15) is 4.79 Å². The van der Waals surface area contributed by atoms with Crippen LogP contribution in [0.5, 0.6) is 0 Å². The molecule has 2 unspecified atom stereocenters. The zero-order valence-corrected chi connectivity index (χ0v) is 11.9. The molecule has 1 saturated heterocycles. The summed E-state index contributed by atoms with van der Waals surface area (Å²) < 4.78 is 5.50. The van der Waals surface area contributed by atoms with Crippen LogP contribution in [0, 0.1) is 5.92 Å². The Labute approximate surface area is 119 Å². The zero-order valence-electron chi connectivity index (χ0n) is 11.9. The molecule has 1 aromatic rings. The summed E-state index contributed by atoms with van der Waals surface area (Å²) in [5.41, 5.74) is 2.18. The minimum absolute atomic E-state index is 0.00338. The Hall–Kier alpha value is -1.55. The van der Waals surface area contributed by atoms with Crippen molar-refractivity contribution in [2.24, 2.45) is 5.92 Å². The number of rotatable bonds is 2. The van der Waals surface area contributed by atoms with Crippen molar-refractivity contribution in [3.05, 3.63) is 29.8 Å². The summed E-state index contributed by atoms with van der Waals surface area (Å²) in [6, 6.07) is 8.21. The number of nitrogens with one attached hydrogen (secondary N) is 2. The fraction of sp³-hybridized carbons (Fsp3) is 0.562. The molecule has 2 N–H and O–H groups in total. The first-order valence-corrected chi connectivity index (χ1v) is 7.38. The van der Waals surface area contributed by atoms with Gasteiger partial charge in [-0.25, -0.2) is 0 Å². The maximum Gasteiger partial charge on any atom is 0.225 e. The van der Waals surface area contributed by atoms with Gasteiger partial charge in [0.05, 0.1) is 18.1 Å². The maximum atomic E-state index is 12.5. The molecular formula is C16H22N2O2. The molecule has 108 valence electrons. The predicted octanol–water partition coefficient (Wildman–Crippen LogP) is 1.96. The Morgan fingerprint density at radius 3 is 3.10 bits per heavy atom. The lowest BCUT2D eigenvalue weighted by Gasteiger charge is -2.36. The molecule has 1 fully saturated rings. The Balaban J connectivity index is 1.64. The highest BCUT2D eigenvalue weighted by Gasteiger charge is 2.33. The van der Waals surface area contributed by atoms with E-state index in [4.69, 9.17) is 4.74 Å². The van der Waals surface area contributed by atoms with Gasteiger partial charge in [-0.05, 0) is 37.8 Å². The summed E-state index contributed by atoms with van der Waals surface area (Å²) in [6.07, 6.45) is 2.82. The summed E-state index contributed by atoms with van der Waals surface area (Å²) in [5.74, 6) is 0.142. The van der Waals surface area contributed by atoms with Gasteiger partial charge in [0.25, 0.3) is 0 Å². The standard InChI is InChI=1S/C16H22N2O2/c1-16(7-4-8-20-11-16)18-15(19)13-9-12-5-2-3-6-14(12)17-10-13/h2-3,5-6,13,17H,4,7-11H2,1H3,(H,18,19). The quantitative estimate of drug-likeness (QED) is 0.866. The van der Waals surface area contributed by atoms with Crippen molar-refractivity contribution in [2.45, 2.75) is 31.7 Å². The number of hydrogen-bond donors (Lipinski definition) is 2. The minimum atomic E-state index is -0.202. The van der Waals surface area contributed by atoms with E-state index in [1.54, 1.807) is 0 Å². The van der Waals surface area contributed by atoms with E-state index in [0.717, 1.165) is 31.6 Å². The van der Waals surface area contributed by atoms with Gasteiger partial charge >= 0.3 is 0 Å². The van der Waals surface area contributed by atoms with Crippen molar-refractivity contribution >= 4 is 11.6 Å². The van der Waals surface area contributed by atoms with Crippen LogP contribution in [0.4, 0.5) is 5.69 Å². The van der Waals surface area contributed by atoms with E-state index in [2.05, 4.69) is 29.7 Å². The third-order valence-corrected chi connectivity index (χ3v) is 4.26. The molecule has 0 aromatic heterocycles. The number of anilines is 1. The molecule has 4 nitrogen and oxygen atoms in total. The van der Waals surface area contributed by atoms with Gasteiger partial charge in [0.1, 0.15) is 0 Å². The second-order valence-corrected chi connectivity index (χ2v) is 6.15. The third-order valence-electron chi connectivity index (χ3n) is 4.26. The number of para-hydroxylation sites is 1. The molecular weight excluding hydrogens is 252 g/mol. The van der Waals surface area contributed by atoms with Crippen LogP contribution in [-0.4, -0.2) is 31.2 Å². The first kappa shape index (κ1) is 13.4. The third kappa shape index (κ3) is 2.80. The predicted molar refractivity (Wildman–Crippen MR) is 78.7 cm³/mol. The molecule has 1 aromatic carbocycles. The molecule has 4 heteroatoms. The molecule has 3 rings (SSSR count). The van der Waals surface area contributed by atoms with Crippen LogP contribution in [0.15, 0.2) is 24.3 Å². The van der Waals surface area contributed by atoms with Crippen molar-refractivity contribution in [1.82, 2.24) is 5.32 Å². The molecule has 2 aliphatic rings. The SMILES string of the molecule is CC1(NC(=O)C2CNc3ccccc3C2)CCCOC1. The zero-order chi connectivity index (χ0) is 14.0. The summed E-state index contributed by atoms with van der Waals surface area (Å²) in [4.78, 5) is 12.5. The Kier molecular flexibility index (Phi) is 3.66. The highest BCUT2D eigenvalue weighted by molar-refractivity contribution is 5.81. The maximum absolute atomic E-state index is 12.5. The second-order valence-electron chi connectivity index (χ2n) is 6.15. The number of carbonyl (C=O) groups is 1. The molecule has 20 heavy (non-hydrogen) atoms.